The summed E-state index contributed by atoms with van der Waals surface area (Å²) in [6.07, 6.45) is 3.87. The molecule has 122 valence electrons. The van der Waals surface area contributed by atoms with Crippen molar-refractivity contribution in [3.05, 3.63) is 52.5 Å². The smallest absolute Gasteiger partial charge is 0.230 e. The normalized spacial score (nSPS) is 10.6. The zero-order valence-corrected chi connectivity index (χ0v) is 15.1. The summed E-state index contributed by atoms with van der Waals surface area (Å²) < 4.78 is 0. The van der Waals surface area contributed by atoms with Gasteiger partial charge in [-0.05, 0) is 30.0 Å². The minimum Gasteiger partial charge on any atom is -0.302 e. The average molecular weight is 377 g/mol. The van der Waals surface area contributed by atoms with Gasteiger partial charge in [-0.1, -0.05) is 35.5 Å². The second-order valence-corrected chi connectivity index (χ2v) is 6.89. The molecule has 2 aromatic heterocycles. The highest BCUT2D eigenvalue weighted by atomic mass is 35.5. The van der Waals surface area contributed by atoms with Crippen LogP contribution in [0.5, 0.6) is 0 Å². The Morgan fingerprint density at radius 3 is 2.96 bits per heavy atom. The lowest BCUT2D eigenvalue weighted by molar-refractivity contribution is -0.115. The van der Waals surface area contributed by atoms with Gasteiger partial charge in [-0.15, -0.1) is 11.3 Å². The second kappa shape index (κ2) is 7.74. The average Bonchev–Trinajstić information content (AvgIpc) is 3.03. The molecule has 0 aliphatic carbocycles. The van der Waals surface area contributed by atoms with E-state index in [1.807, 2.05) is 23.8 Å². The molecule has 1 N–H and O–H groups in total. The molecule has 0 spiro atoms. The number of hydrogen-bond acceptors (Lipinski definition) is 6. The summed E-state index contributed by atoms with van der Waals surface area (Å²) in [5.41, 5.74) is 2.31. The fraction of sp³-hybridized carbons (Fsp3) is 0.125. The fourth-order valence-electron chi connectivity index (χ4n) is 2.03. The molecule has 1 amide bonds. The summed E-state index contributed by atoms with van der Waals surface area (Å²) in [5, 5.41) is 6.51. The van der Waals surface area contributed by atoms with Crippen LogP contribution >= 0.6 is 34.7 Å². The summed E-state index contributed by atoms with van der Waals surface area (Å²) in [6, 6.07) is 9.04. The van der Waals surface area contributed by atoms with Crippen molar-refractivity contribution in [2.45, 2.75) is 11.6 Å². The van der Waals surface area contributed by atoms with Crippen molar-refractivity contribution in [3.63, 3.8) is 0 Å². The Hall–Kier alpha value is -1.96. The number of anilines is 1. The van der Waals surface area contributed by atoms with Crippen LogP contribution in [0.1, 0.15) is 5.56 Å². The molecule has 8 heteroatoms. The highest BCUT2D eigenvalue weighted by Gasteiger charge is 2.10. The molecule has 0 atom stereocenters. The van der Waals surface area contributed by atoms with E-state index in [9.17, 15) is 4.79 Å². The van der Waals surface area contributed by atoms with Crippen molar-refractivity contribution in [1.29, 1.82) is 0 Å². The van der Waals surface area contributed by atoms with Crippen LogP contribution < -0.4 is 5.32 Å². The third-order valence-electron chi connectivity index (χ3n) is 3.08. The van der Waals surface area contributed by atoms with E-state index in [-0.39, 0.29) is 12.3 Å². The molecule has 0 saturated carbocycles. The molecule has 0 radical (unpaired) electrons. The molecule has 1 aromatic carbocycles. The SMILES string of the molecule is CSc1nccc(-c2csc(NC(=O)Cc3cccc(Cl)c3)n2)n1. The number of thiazole rings is 1. The number of nitrogens with one attached hydrogen (secondary N) is 1. The highest BCUT2D eigenvalue weighted by Crippen LogP contribution is 2.24. The highest BCUT2D eigenvalue weighted by molar-refractivity contribution is 7.98. The van der Waals surface area contributed by atoms with Gasteiger partial charge in [0.05, 0.1) is 12.1 Å². The molecular formula is C16H13ClN4OS2. The van der Waals surface area contributed by atoms with Crippen molar-refractivity contribution < 1.29 is 4.79 Å². The van der Waals surface area contributed by atoms with Gasteiger partial charge in [0.25, 0.3) is 0 Å². The number of rotatable bonds is 5. The predicted octanol–water partition coefficient (Wildman–Crippen LogP) is 4.16. The van der Waals surface area contributed by atoms with E-state index >= 15 is 0 Å². The minimum atomic E-state index is -0.134. The number of amides is 1. The van der Waals surface area contributed by atoms with Crippen LogP contribution in [0.15, 0.2) is 47.1 Å². The van der Waals surface area contributed by atoms with Crippen LogP contribution in [-0.2, 0) is 11.2 Å². The molecule has 0 bridgehead atoms. The molecule has 3 rings (SSSR count). The van der Waals surface area contributed by atoms with Gasteiger partial charge in [-0.3, -0.25) is 4.79 Å². The van der Waals surface area contributed by atoms with Gasteiger partial charge in [0.15, 0.2) is 10.3 Å². The van der Waals surface area contributed by atoms with Crippen molar-refractivity contribution in [2.24, 2.45) is 0 Å². The molecule has 3 aromatic rings. The topological polar surface area (TPSA) is 67.8 Å². The number of nitrogens with zero attached hydrogens (tertiary/aromatic N) is 3. The Labute approximate surface area is 152 Å². The van der Waals surface area contributed by atoms with E-state index in [1.54, 1.807) is 24.4 Å². The molecule has 2 heterocycles. The molecular weight excluding hydrogens is 364 g/mol. The number of thioether (sulfide) groups is 1. The van der Waals surface area contributed by atoms with Crippen LogP contribution in [0.2, 0.25) is 5.02 Å². The largest absolute Gasteiger partial charge is 0.302 e. The standard InChI is InChI=1S/C16H13ClN4OS2/c1-23-15-18-6-5-12(19-15)13-9-24-16(20-13)21-14(22)8-10-3-2-4-11(17)7-10/h2-7,9H,8H2,1H3,(H,20,21,22). The Bertz CT molecular complexity index is 869. The minimum absolute atomic E-state index is 0.134. The van der Waals surface area contributed by atoms with Gasteiger partial charge in [-0.2, -0.15) is 0 Å². The van der Waals surface area contributed by atoms with E-state index < -0.39 is 0 Å². The van der Waals surface area contributed by atoms with Crippen molar-refractivity contribution >= 4 is 45.7 Å². The van der Waals surface area contributed by atoms with Gasteiger partial charge in [0.2, 0.25) is 5.91 Å². The van der Waals surface area contributed by atoms with E-state index in [2.05, 4.69) is 20.3 Å². The van der Waals surface area contributed by atoms with Gasteiger partial charge < -0.3 is 5.32 Å². The second-order valence-electron chi connectivity index (χ2n) is 4.82. The molecule has 5 nitrogen and oxygen atoms in total. The number of carbonyl (C=O) groups is 1. The number of hydrogen-bond donors (Lipinski definition) is 1. The Morgan fingerprint density at radius 2 is 2.17 bits per heavy atom. The number of halogens is 1. The van der Waals surface area contributed by atoms with E-state index in [1.165, 1.54) is 23.1 Å². The van der Waals surface area contributed by atoms with Crippen molar-refractivity contribution in [3.8, 4) is 11.4 Å². The maximum atomic E-state index is 12.1. The van der Waals surface area contributed by atoms with Gasteiger partial charge in [0.1, 0.15) is 5.69 Å². The predicted molar refractivity (Wildman–Crippen MR) is 98.7 cm³/mol. The Balaban J connectivity index is 1.68. The molecule has 0 aliphatic heterocycles. The summed E-state index contributed by atoms with van der Waals surface area (Å²) in [6.45, 7) is 0. The first kappa shape index (κ1) is 16.9. The number of benzene rings is 1. The number of carbonyl (C=O) groups excluding carboxylic acids is 1. The zero-order chi connectivity index (χ0) is 16.9. The van der Waals surface area contributed by atoms with Crippen LogP contribution in [-0.4, -0.2) is 27.1 Å². The first-order valence-electron chi connectivity index (χ1n) is 7.01. The Kier molecular flexibility index (Phi) is 5.44. The van der Waals surface area contributed by atoms with E-state index in [0.717, 1.165) is 17.0 Å². The summed E-state index contributed by atoms with van der Waals surface area (Å²) >= 11 is 8.76. The zero-order valence-electron chi connectivity index (χ0n) is 12.7. The lowest BCUT2D eigenvalue weighted by atomic mass is 10.1. The van der Waals surface area contributed by atoms with Crippen molar-refractivity contribution in [2.75, 3.05) is 11.6 Å². The molecule has 0 saturated heterocycles. The summed E-state index contributed by atoms with van der Waals surface area (Å²) in [5.74, 6) is -0.134. The van der Waals surface area contributed by atoms with E-state index in [4.69, 9.17) is 11.6 Å². The Morgan fingerprint density at radius 1 is 1.29 bits per heavy atom. The van der Waals surface area contributed by atoms with Gasteiger partial charge >= 0.3 is 0 Å². The first-order chi connectivity index (χ1) is 11.6. The summed E-state index contributed by atoms with van der Waals surface area (Å²) in [7, 11) is 0. The lowest BCUT2D eigenvalue weighted by Crippen LogP contribution is -2.14. The summed E-state index contributed by atoms with van der Waals surface area (Å²) in [4.78, 5) is 25.1. The molecule has 0 fully saturated rings. The first-order valence-corrected chi connectivity index (χ1v) is 9.49. The maximum Gasteiger partial charge on any atom is 0.230 e. The quantitative estimate of drug-likeness (QED) is 0.535. The fourth-order valence-corrected chi connectivity index (χ4v) is 3.32. The van der Waals surface area contributed by atoms with Crippen LogP contribution in [0.4, 0.5) is 5.13 Å². The lowest BCUT2D eigenvalue weighted by Gasteiger charge is -2.02. The van der Waals surface area contributed by atoms with Crippen LogP contribution in [0.3, 0.4) is 0 Å². The molecule has 0 unspecified atom stereocenters. The molecule has 24 heavy (non-hydrogen) atoms. The third kappa shape index (κ3) is 4.31. The maximum absolute atomic E-state index is 12.1. The van der Waals surface area contributed by atoms with Crippen LogP contribution in [0, 0.1) is 0 Å². The number of aromatic nitrogens is 3. The van der Waals surface area contributed by atoms with Gasteiger partial charge in [0, 0.05) is 16.6 Å². The van der Waals surface area contributed by atoms with Gasteiger partial charge in [-0.25, -0.2) is 15.0 Å². The van der Waals surface area contributed by atoms with Crippen molar-refractivity contribution in [1.82, 2.24) is 15.0 Å². The van der Waals surface area contributed by atoms with Crippen LogP contribution in [0.25, 0.3) is 11.4 Å². The third-order valence-corrected chi connectivity index (χ3v) is 4.64. The molecule has 0 aliphatic rings. The monoisotopic (exact) mass is 376 g/mol. The van der Waals surface area contributed by atoms with E-state index in [0.29, 0.717) is 15.3 Å².